The summed E-state index contributed by atoms with van der Waals surface area (Å²) in [7, 11) is 3.38. The Hall–Kier alpha value is -1.40. The fourth-order valence-electron chi connectivity index (χ4n) is 2.36. The second kappa shape index (κ2) is 8.14. The van der Waals surface area contributed by atoms with Gasteiger partial charge in [0.1, 0.15) is 0 Å². The molecule has 0 aromatic heterocycles. The smallest absolute Gasteiger partial charge is 0.387 e. The maximum absolute atomic E-state index is 12.5. The van der Waals surface area contributed by atoms with Crippen molar-refractivity contribution in [3.05, 3.63) is 23.8 Å². The minimum Gasteiger partial charge on any atom is -0.493 e. The number of benzene rings is 1. The molecule has 0 bridgehead atoms. The zero-order valence-corrected chi connectivity index (χ0v) is 13.0. The summed E-state index contributed by atoms with van der Waals surface area (Å²) in [5.41, 5.74) is 6.67. The maximum Gasteiger partial charge on any atom is 0.387 e. The second-order valence-electron chi connectivity index (χ2n) is 5.37. The second-order valence-corrected chi connectivity index (χ2v) is 5.37. The Morgan fingerprint density at radius 3 is 2.38 bits per heavy atom. The quantitative estimate of drug-likeness (QED) is 0.802. The van der Waals surface area contributed by atoms with Crippen LogP contribution in [0.2, 0.25) is 0 Å². The maximum atomic E-state index is 12.5. The lowest BCUT2D eigenvalue weighted by atomic mass is 10.0. The lowest BCUT2D eigenvalue weighted by Crippen LogP contribution is -2.33. The largest absolute Gasteiger partial charge is 0.493 e. The van der Waals surface area contributed by atoms with Gasteiger partial charge >= 0.3 is 6.61 Å². The molecule has 0 radical (unpaired) electrons. The van der Waals surface area contributed by atoms with Gasteiger partial charge in [0.15, 0.2) is 11.5 Å². The van der Waals surface area contributed by atoms with E-state index in [1.54, 1.807) is 12.1 Å². The average Bonchev–Trinajstić information content (AvgIpc) is 2.38. The Bertz CT molecular complexity index is 442. The third-order valence-corrected chi connectivity index (χ3v) is 3.20. The van der Waals surface area contributed by atoms with E-state index in [1.807, 2.05) is 13.1 Å². The summed E-state index contributed by atoms with van der Waals surface area (Å²) in [6.45, 7) is 2.59. The summed E-state index contributed by atoms with van der Waals surface area (Å²) in [4.78, 5) is 2.11. The molecule has 4 nitrogen and oxygen atoms in total. The molecule has 1 aromatic carbocycles. The SMILES string of the molecule is COc1ccc(C(CN)N(C)CC(C)C)cc1OC(F)F. The van der Waals surface area contributed by atoms with Gasteiger partial charge < -0.3 is 15.2 Å². The minimum atomic E-state index is -2.89. The Labute approximate surface area is 124 Å². The Morgan fingerprint density at radius 1 is 1.24 bits per heavy atom. The summed E-state index contributed by atoms with van der Waals surface area (Å²) in [5, 5.41) is 0. The fraction of sp³-hybridized carbons (Fsp3) is 0.600. The molecule has 2 N–H and O–H groups in total. The zero-order valence-electron chi connectivity index (χ0n) is 13.0. The molecule has 0 aliphatic carbocycles. The van der Waals surface area contributed by atoms with Crippen LogP contribution in [0, 0.1) is 5.92 Å². The molecule has 0 aliphatic heterocycles. The standard InChI is InChI=1S/C15H24F2N2O2/c1-10(2)9-19(3)12(8-18)11-5-6-13(20-4)14(7-11)21-15(16)17/h5-7,10,12,15H,8-9,18H2,1-4H3. The summed E-state index contributed by atoms with van der Waals surface area (Å²) in [5.74, 6) is 0.793. The van der Waals surface area contributed by atoms with Gasteiger partial charge in [0.25, 0.3) is 0 Å². The highest BCUT2D eigenvalue weighted by Crippen LogP contribution is 2.32. The van der Waals surface area contributed by atoms with Crippen molar-refractivity contribution >= 4 is 0 Å². The van der Waals surface area contributed by atoms with Crippen LogP contribution in [0.1, 0.15) is 25.5 Å². The Balaban J connectivity index is 3.04. The van der Waals surface area contributed by atoms with E-state index in [9.17, 15) is 8.78 Å². The van der Waals surface area contributed by atoms with Crippen LogP contribution in [-0.4, -0.2) is 38.8 Å². The molecule has 0 fully saturated rings. The van der Waals surface area contributed by atoms with Crippen LogP contribution in [0.4, 0.5) is 8.78 Å². The van der Waals surface area contributed by atoms with Gasteiger partial charge in [-0.3, -0.25) is 4.90 Å². The van der Waals surface area contributed by atoms with Gasteiger partial charge in [0, 0.05) is 19.1 Å². The Morgan fingerprint density at radius 2 is 1.90 bits per heavy atom. The van der Waals surface area contributed by atoms with E-state index in [2.05, 4.69) is 23.5 Å². The number of methoxy groups -OCH3 is 1. The number of nitrogens with two attached hydrogens (primary N) is 1. The predicted molar refractivity (Wildman–Crippen MR) is 78.9 cm³/mol. The van der Waals surface area contributed by atoms with Crippen LogP contribution in [0.15, 0.2) is 18.2 Å². The number of alkyl halides is 2. The van der Waals surface area contributed by atoms with Crippen molar-refractivity contribution in [2.24, 2.45) is 11.7 Å². The van der Waals surface area contributed by atoms with Gasteiger partial charge in [-0.25, -0.2) is 0 Å². The minimum absolute atomic E-state index is 0.0291. The molecule has 1 aromatic rings. The molecular weight excluding hydrogens is 278 g/mol. The van der Waals surface area contributed by atoms with Gasteiger partial charge in [-0.2, -0.15) is 8.78 Å². The van der Waals surface area contributed by atoms with E-state index < -0.39 is 6.61 Å². The molecule has 1 rings (SSSR count). The summed E-state index contributed by atoms with van der Waals surface area (Å²) in [6.07, 6.45) is 0. The number of hydrogen-bond acceptors (Lipinski definition) is 4. The third-order valence-electron chi connectivity index (χ3n) is 3.20. The predicted octanol–water partition coefficient (Wildman–Crippen LogP) is 2.88. The van der Waals surface area contributed by atoms with Gasteiger partial charge in [-0.15, -0.1) is 0 Å². The summed E-state index contributed by atoms with van der Waals surface area (Å²) < 4.78 is 34.5. The lowest BCUT2D eigenvalue weighted by molar-refractivity contribution is -0.0513. The van der Waals surface area contributed by atoms with Crippen LogP contribution < -0.4 is 15.2 Å². The molecule has 0 spiro atoms. The molecule has 1 unspecified atom stereocenters. The van der Waals surface area contributed by atoms with Crippen molar-refractivity contribution < 1.29 is 18.3 Å². The normalized spacial score (nSPS) is 13.0. The number of ether oxygens (including phenoxy) is 2. The van der Waals surface area contributed by atoms with Crippen molar-refractivity contribution in [2.75, 3.05) is 27.2 Å². The monoisotopic (exact) mass is 302 g/mol. The van der Waals surface area contributed by atoms with E-state index in [0.717, 1.165) is 12.1 Å². The van der Waals surface area contributed by atoms with Gasteiger partial charge in [0.2, 0.25) is 0 Å². The van der Waals surface area contributed by atoms with E-state index in [4.69, 9.17) is 10.5 Å². The van der Waals surface area contributed by atoms with Crippen molar-refractivity contribution in [3.8, 4) is 11.5 Å². The van der Waals surface area contributed by atoms with Crippen LogP contribution >= 0.6 is 0 Å². The van der Waals surface area contributed by atoms with Gasteiger partial charge in [-0.1, -0.05) is 19.9 Å². The molecular formula is C15H24F2N2O2. The molecule has 120 valence electrons. The zero-order chi connectivity index (χ0) is 16.0. The van der Waals surface area contributed by atoms with Crippen LogP contribution in [0.3, 0.4) is 0 Å². The average molecular weight is 302 g/mol. The third kappa shape index (κ3) is 5.13. The Kier molecular flexibility index (Phi) is 6.84. The molecule has 1 atom stereocenters. The first-order chi connectivity index (χ1) is 9.88. The van der Waals surface area contributed by atoms with Crippen molar-refractivity contribution in [3.63, 3.8) is 0 Å². The number of rotatable bonds is 8. The van der Waals surface area contributed by atoms with Crippen molar-refractivity contribution in [1.29, 1.82) is 0 Å². The molecule has 0 saturated carbocycles. The van der Waals surface area contributed by atoms with Crippen LogP contribution in [-0.2, 0) is 0 Å². The molecule has 0 heterocycles. The van der Waals surface area contributed by atoms with E-state index in [0.29, 0.717) is 12.5 Å². The highest BCUT2D eigenvalue weighted by molar-refractivity contribution is 5.44. The fourth-order valence-corrected chi connectivity index (χ4v) is 2.36. The first-order valence-electron chi connectivity index (χ1n) is 6.92. The van der Waals surface area contributed by atoms with Crippen molar-refractivity contribution in [1.82, 2.24) is 4.90 Å². The number of likely N-dealkylation sites (N-methyl/N-ethyl adjacent to an activating group) is 1. The molecule has 21 heavy (non-hydrogen) atoms. The first kappa shape index (κ1) is 17.7. The van der Waals surface area contributed by atoms with E-state index in [1.165, 1.54) is 7.11 Å². The van der Waals surface area contributed by atoms with Gasteiger partial charge in [-0.05, 0) is 30.7 Å². The summed E-state index contributed by atoms with van der Waals surface area (Å²) in [6, 6.07) is 4.96. The number of nitrogens with zero attached hydrogens (tertiary/aromatic N) is 1. The number of halogens is 2. The molecule has 0 aliphatic rings. The lowest BCUT2D eigenvalue weighted by Gasteiger charge is -2.29. The molecule has 6 heteroatoms. The topological polar surface area (TPSA) is 47.7 Å². The van der Waals surface area contributed by atoms with Crippen LogP contribution in [0.5, 0.6) is 11.5 Å². The van der Waals surface area contributed by atoms with E-state index >= 15 is 0 Å². The van der Waals surface area contributed by atoms with Crippen molar-refractivity contribution in [2.45, 2.75) is 26.5 Å². The number of hydrogen-bond donors (Lipinski definition) is 1. The van der Waals surface area contributed by atoms with Crippen LogP contribution in [0.25, 0.3) is 0 Å². The molecule has 0 amide bonds. The highest BCUT2D eigenvalue weighted by atomic mass is 19.3. The first-order valence-corrected chi connectivity index (χ1v) is 6.92. The molecule has 0 saturated heterocycles. The highest BCUT2D eigenvalue weighted by Gasteiger charge is 2.19. The van der Waals surface area contributed by atoms with E-state index in [-0.39, 0.29) is 17.5 Å². The summed E-state index contributed by atoms with van der Waals surface area (Å²) >= 11 is 0. The van der Waals surface area contributed by atoms with Gasteiger partial charge in [0.05, 0.1) is 7.11 Å².